The molecule has 0 fully saturated rings. The summed E-state index contributed by atoms with van der Waals surface area (Å²) in [4.78, 5) is 11.7. The van der Waals surface area contributed by atoms with Crippen LogP contribution in [0.1, 0.15) is 26.8 Å². The van der Waals surface area contributed by atoms with E-state index in [1.54, 1.807) is 17.8 Å². The lowest BCUT2D eigenvalue weighted by atomic mass is 10.1. The Morgan fingerprint density at radius 1 is 1.67 bits per heavy atom. The van der Waals surface area contributed by atoms with E-state index < -0.39 is 6.04 Å². The van der Waals surface area contributed by atoms with Crippen molar-refractivity contribution in [2.24, 2.45) is 5.92 Å². The standard InChI is InChI=1S/C10H15ClN2O2/c1-4-15-10(14)9(7(2)3)13-6-8(11)5-12-13/h5-7,9H,4H2,1-3H3/t9-/m0/s1. The number of esters is 1. The number of hydrogen-bond acceptors (Lipinski definition) is 3. The van der Waals surface area contributed by atoms with Gasteiger partial charge in [-0.15, -0.1) is 0 Å². The number of aromatic nitrogens is 2. The summed E-state index contributed by atoms with van der Waals surface area (Å²) in [6.07, 6.45) is 3.14. The van der Waals surface area contributed by atoms with Gasteiger partial charge in [0.05, 0.1) is 17.8 Å². The first-order valence-corrected chi connectivity index (χ1v) is 5.30. The largest absolute Gasteiger partial charge is 0.464 e. The summed E-state index contributed by atoms with van der Waals surface area (Å²) in [7, 11) is 0. The lowest BCUT2D eigenvalue weighted by Gasteiger charge is -2.19. The monoisotopic (exact) mass is 230 g/mol. The number of hydrogen-bond donors (Lipinski definition) is 0. The molecule has 0 radical (unpaired) electrons. The van der Waals surface area contributed by atoms with Crippen molar-refractivity contribution in [3.63, 3.8) is 0 Å². The van der Waals surface area contributed by atoms with Gasteiger partial charge in [-0.1, -0.05) is 25.4 Å². The Morgan fingerprint density at radius 3 is 2.73 bits per heavy atom. The van der Waals surface area contributed by atoms with Gasteiger partial charge in [-0.3, -0.25) is 4.68 Å². The van der Waals surface area contributed by atoms with Crippen LogP contribution in [0.2, 0.25) is 5.02 Å². The Bertz CT molecular complexity index is 336. The zero-order valence-corrected chi connectivity index (χ0v) is 9.86. The van der Waals surface area contributed by atoms with Crippen LogP contribution in [-0.4, -0.2) is 22.4 Å². The van der Waals surface area contributed by atoms with Gasteiger partial charge in [-0.05, 0) is 12.8 Å². The molecule has 0 aromatic carbocycles. The minimum absolute atomic E-state index is 0.111. The van der Waals surface area contributed by atoms with Crippen molar-refractivity contribution in [1.82, 2.24) is 9.78 Å². The number of ether oxygens (including phenoxy) is 1. The van der Waals surface area contributed by atoms with Crippen molar-refractivity contribution >= 4 is 17.6 Å². The highest BCUT2D eigenvalue weighted by atomic mass is 35.5. The molecule has 1 atom stereocenters. The third-order valence-corrected chi connectivity index (χ3v) is 2.21. The molecule has 0 aliphatic heterocycles. The zero-order valence-electron chi connectivity index (χ0n) is 9.11. The normalized spacial score (nSPS) is 12.9. The van der Waals surface area contributed by atoms with E-state index >= 15 is 0 Å². The van der Waals surface area contributed by atoms with Crippen LogP contribution in [0.5, 0.6) is 0 Å². The second-order valence-electron chi connectivity index (χ2n) is 3.58. The summed E-state index contributed by atoms with van der Waals surface area (Å²) in [6, 6.07) is -0.405. The van der Waals surface area contributed by atoms with E-state index in [1.165, 1.54) is 6.20 Å². The van der Waals surface area contributed by atoms with Gasteiger partial charge in [-0.2, -0.15) is 5.10 Å². The molecule has 0 N–H and O–H groups in total. The molecule has 0 aliphatic carbocycles. The summed E-state index contributed by atoms with van der Waals surface area (Å²) in [5.74, 6) is -0.160. The minimum atomic E-state index is -0.405. The maximum Gasteiger partial charge on any atom is 0.331 e. The molecule has 1 rings (SSSR count). The smallest absolute Gasteiger partial charge is 0.331 e. The van der Waals surface area contributed by atoms with Gasteiger partial charge >= 0.3 is 5.97 Å². The van der Waals surface area contributed by atoms with E-state index in [1.807, 2.05) is 13.8 Å². The van der Waals surface area contributed by atoms with Crippen LogP contribution in [0.15, 0.2) is 12.4 Å². The molecule has 0 saturated carbocycles. The van der Waals surface area contributed by atoms with E-state index in [0.717, 1.165) is 0 Å². The van der Waals surface area contributed by atoms with Crippen LogP contribution in [0.25, 0.3) is 0 Å². The number of carbonyl (C=O) groups is 1. The number of carbonyl (C=O) groups excluding carboxylic acids is 1. The van der Waals surface area contributed by atoms with Gasteiger partial charge in [0.2, 0.25) is 0 Å². The lowest BCUT2D eigenvalue weighted by Crippen LogP contribution is -2.26. The zero-order chi connectivity index (χ0) is 11.4. The average molecular weight is 231 g/mol. The van der Waals surface area contributed by atoms with Crippen LogP contribution in [0.3, 0.4) is 0 Å². The first-order chi connectivity index (χ1) is 7.06. The van der Waals surface area contributed by atoms with Gasteiger partial charge in [0.15, 0.2) is 6.04 Å². The van der Waals surface area contributed by atoms with E-state index in [9.17, 15) is 4.79 Å². The molecule has 0 spiro atoms. The molecule has 0 amide bonds. The van der Waals surface area contributed by atoms with Crippen LogP contribution < -0.4 is 0 Å². The summed E-state index contributed by atoms with van der Waals surface area (Å²) in [5.41, 5.74) is 0. The van der Waals surface area contributed by atoms with Gasteiger partial charge in [0.1, 0.15) is 0 Å². The predicted molar refractivity (Wildman–Crippen MR) is 57.7 cm³/mol. The highest BCUT2D eigenvalue weighted by Gasteiger charge is 2.26. The molecule has 1 aromatic rings. The SMILES string of the molecule is CCOC(=O)[C@H](C(C)C)n1cc(Cl)cn1. The molecule has 0 aliphatic rings. The van der Waals surface area contributed by atoms with Gasteiger partial charge in [-0.25, -0.2) is 4.79 Å². The van der Waals surface area contributed by atoms with Crippen molar-refractivity contribution < 1.29 is 9.53 Å². The molecule has 1 aromatic heterocycles. The van der Waals surface area contributed by atoms with E-state index in [-0.39, 0.29) is 11.9 Å². The maximum absolute atomic E-state index is 11.7. The molecular weight excluding hydrogens is 216 g/mol. The van der Waals surface area contributed by atoms with Crippen molar-refractivity contribution in [1.29, 1.82) is 0 Å². The van der Waals surface area contributed by atoms with Crippen LogP contribution in [-0.2, 0) is 9.53 Å². The first kappa shape index (κ1) is 12.0. The van der Waals surface area contributed by atoms with Crippen LogP contribution in [0.4, 0.5) is 0 Å². The van der Waals surface area contributed by atoms with Gasteiger partial charge in [0.25, 0.3) is 0 Å². The van der Waals surface area contributed by atoms with Crippen molar-refractivity contribution in [3.8, 4) is 0 Å². The minimum Gasteiger partial charge on any atom is -0.464 e. The second-order valence-corrected chi connectivity index (χ2v) is 4.02. The van der Waals surface area contributed by atoms with Crippen LogP contribution in [0, 0.1) is 5.92 Å². The van der Waals surface area contributed by atoms with E-state index in [4.69, 9.17) is 16.3 Å². The molecule has 15 heavy (non-hydrogen) atoms. The molecule has 5 heteroatoms. The molecule has 0 bridgehead atoms. The Hall–Kier alpha value is -1.03. The number of nitrogens with zero attached hydrogens (tertiary/aromatic N) is 2. The highest BCUT2D eigenvalue weighted by Crippen LogP contribution is 2.20. The molecule has 1 heterocycles. The summed E-state index contributed by atoms with van der Waals surface area (Å²) in [5, 5.41) is 4.54. The molecular formula is C10H15ClN2O2. The third kappa shape index (κ3) is 2.96. The predicted octanol–water partition coefficient (Wildman–Crippen LogP) is 2.30. The summed E-state index contributed by atoms with van der Waals surface area (Å²) < 4.78 is 6.53. The highest BCUT2D eigenvalue weighted by molar-refractivity contribution is 6.30. The Labute approximate surface area is 94.2 Å². The molecule has 0 saturated heterocycles. The lowest BCUT2D eigenvalue weighted by molar-refractivity contribution is -0.149. The second kappa shape index (κ2) is 5.16. The quantitative estimate of drug-likeness (QED) is 0.746. The van der Waals surface area contributed by atoms with Crippen LogP contribution >= 0.6 is 11.6 Å². The third-order valence-electron chi connectivity index (χ3n) is 2.01. The van der Waals surface area contributed by atoms with Crippen molar-refractivity contribution in [3.05, 3.63) is 17.4 Å². The molecule has 0 unspecified atom stereocenters. The fourth-order valence-corrected chi connectivity index (χ4v) is 1.52. The summed E-state index contributed by atoms with van der Waals surface area (Å²) >= 11 is 5.76. The maximum atomic E-state index is 11.7. The fraction of sp³-hybridized carbons (Fsp3) is 0.600. The summed E-state index contributed by atoms with van der Waals surface area (Å²) in [6.45, 7) is 6.04. The Kier molecular flexibility index (Phi) is 4.15. The Balaban J connectivity index is 2.88. The van der Waals surface area contributed by atoms with Crippen molar-refractivity contribution in [2.45, 2.75) is 26.8 Å². The Morgan fingerprint density at radius 2 is 2.33 bits per heavy atom. The molecule has 4 nitrogen and oxygen atoms in total. The van der Waals surface area contributed by atoms with Gasteiger partial charge < -0.3 is 4.74 Å². The first-order valence-electron chi connectivity index (χ1n) is 4.92. The number of rotatable bonds is 4. The van der Waals surface area contributed by atoms with E-state index in [2.05, 4.69) is 5.10 Å². The number of halogens is 1. The van der Waals surface area contributed by atoms with Crippen molar-refractivity contribution in [2.75, 3.05) is 6.61 Å². The van der Waals surface area contributed by atoms with Gasteiger partial charge in [0, 0.05) is 6.20 Å². The molecule has 84 valence electrons. The topological polar surface area (TPSA) is 44.1 Å². The van der Waals surface area contributed by atoms with E-state index in [0.29, 0.717) is 11.6 Å². The average Bonchev–Trinajstić information content (AvgIpc) is 2.51. The fourth-order valence-electron chi connectivity index (χ4n) is 1.38.